The van der Waals surface area contributed by atoms with Crippen molar-refractivity contribution in [2.24, 2.45) is 0 Å². The van der Waals surface area contributed by atoms with Crippen LogP contribution in [-0.2, 0) is 11.3 Å². The molecule has 0 unspecified atom stereocenters. The van der Waals surface area contributed by atoms with Crippen LogP contribution in [0, 0.1) is 0 Å². The average Bonchev–Trinajstić information content (AvgIpc) is 2.63. The van der Waals surface area contributed by atoms with Crippen LogP contribution in [0.3, 0.4) is 0 Å². The molecule has 4 rings (SSSR count). The first kappa shape index (κ1) is 17.2. The molecule has 1 N–H and O–H groups in total. The highest BCUT2D eigenvalue weighted by atomic mass is 35.5. The van der Waals surface area contributed by atoms with Crippen molar-refractivity contribution in [3.05, 3.63) is 41.0 Å². The van der Waals surface area contributed by atoms with Crippen molar-refractivity contribution < 1.29 is 9.84 Å². The number of benzene rings is 1. The van der Waals surface area contributed by atoms with Crippen molar-refractivity contribution in [1.29, 1.82) is 0 Å². The van der Waals surface area contributed by atoms with Crippen LogP contribution in [0.25, 0.3) is 10.9 Å². The summed E-state index contributed by atoms with van der Waals surface area (Å²) in [6.45, 7) is 5.86. The van der Waals surface area contributed by atoms with E-state index in [1.807, 2.05) is 18.2 Å². The van der Waals surface area contributed by atoms with Crippen LogP contribution < -0.4 is 0 Å². The topological polar surface area (TPSA) is 48.8 Å². The summed E-state index contributed by atoms with van der Waals surface area (Å²) in [6.07, 6.45) is 0.677. The van der Waals surface area contributed by atoms with Crippen LogP contribution in [-0.4, -0.2) is 71.4 Å². The normalized spacial score (nSPS) is 26.2. The molecule has 0 amide bonds. The van der Waals surface area contributed by atoms with Gasteiger partial charge in [0.1, 0.15) is 0 Å². The summed E-state index contributed by atoms with van der Waals surface area (Å²) in [5.74, 6) is 0. The van der Waals surface area contributed by atoms with Crippen molar-refractivity contribution in [2.45, 2.75) is 25.1 Å². The first-order valence-corrected chi connectivity index (χ1v) is 9.34. The van der Waals surface area contributed by atoms with Crippen molar-refractivity contribution >= 4 is 22.5 Å². The van der Waals surface area contributed by atoms with E-state index in [-0.39, 0.29) is 12.1 Å². The Bertz CT molecular complexity index is 736. The first-order chi connectivity index (χ1) is 12.2. The Morgan fingerprint density at radius 3 is 2.80 bits per heavy atom. The Morgan fingerprint density at radius 2 is 2.00 bits per heavy atom. The Morgan fingerprint density at radius 1 is 1.16 bits per heavy atom. The van der Waals surface area contributed by atoms with Gasteiger partial charge in [0, 0.05) is 49.2 Å². The molecule has 134 valence electrons. The quantitative estimate of drug-likeness (QED) is 0.907. The minimum Gasteiger partial charge on any atom is -0.390 e. The molecule has 0 saturated carbocycles. The van der Waals surface area contributed by atoms with Crippen LogP contribution >= 0.6 is 11.6 Å². The lowest BCUT2D eigenvalue weighted by atomic mass is 9.99. The molecule has 0 spiro atoms. The van der Waals surface area contributed by atoms with Crippen molar-refractivity contribution in [3.8, 4) is 0 Å². The number of β-amino-alcohol motifs (C(OH)–C–C–N with tert-alkyl or cyclic N) is 1. The van der Waals surface area contributed by atoms with E-state index in [2.05, 4.69) is 21.9 Å². The van der Waals surface area contributed by atoms with Gasteiger partial charge in [-0.05, 0) is 30.7 Å². The molecule has 0 radical (unpaired) electrons. The number of aliphatic hydroxyl groups is 1. The van der Waals surface area contributed by atoms with Crippen LogP contribution in [0.2, 0.25) is 5.02 Å². The number of rotatable bonds is 3. The van der Waals surface area contributed by atoms with Crippen molar-refractivity contribution in [1.82, 2.24) is 14.8 Å². The van der Waals surface area contributed by atoms with E-state index >= 15 is 0 Å². The highest BCUT2D eigenvalue weighted by Crippen LogP contribution is 2.22. The van der Waals surface area contributed by atoms with Crippen LogP contribution in [0.5, 0.6) is 0 Å². The first-order valence-electron chi connectivity index (χ1n) is 8.96. The molecule has 2 aliphatic rings. The standard InChI is InChI=1S/C19H24ClN3O2/c20-15-2-4-17-14(11-15)1-3-16(21-17)12-22-6-5-18(19(24)13-22)23-7-9-25-10-8-23/h1-4,11,18-19,24H,5-10,12-13H2/t18-,19-/m1/s1. The number of aromatic nitrogens is 1. The van der Waals surface area contributed by atoms with Gasteiger partial charge in [-0.2, -0.15) is 0 Å². The number of fused-ring (bicyclic) bond motifs is 1. The fraction of sp³-hybridized carbons (Fsp3) is 0.526. The molecule has 0 aliphatic carbocycles. The zero-order valence-electron chi connectivity index (χ0n) is 14.3. The number of likely N-dealkylation sites (tertiary alicyclic amines) is 1. The van der Waals surface area contributed by atoms with Gasteiger partial charge in [-0.3, -0.25) is 14.8 Å². The van der Waals surface area contributed by atoms with E-state index in [4.69, 9.17) is 21.3 Å². The summed E-state index contributed by atoms with van der Waals surface area (Å²) < 4.78 is 5.42. The molecule has 25 heavy (non-hydrogen) atoms. The third-order valence-corrected chi connectivity index (χ3v) is 5.47. The van der Waals surface area contributed by atoms with Crippen LogP contribution in [0.15, 0.2) is 30.3 Å². The summed E-state index contributed by atoms with van der Waals surface area (Å²) in [5, 5.41) is 12.4. The third-order valence-electron chi connectivity index (χ3n) is 5.24. The molecular weight excluding hydrogens is 338 g/mol. The van der Waals surface area contributed by atoms with Gasteiger partial charge in [-0.1, -0.05) is 17.7 Å². The van der Waals surface area contributed by atoms with E-state index in [0.29, 0.717) is 6.54 Å². The molecule has 6 heteroatoms. The molecule has 2 saturated heterocycles. The highest BCUT2D eigenvalue weighted by molar-refractivity contribution is 6.31. The summed E-state index contributed by atoms with van der Waals surface area (Å²) in [6, 6.07) is 10.1. The number of piperidine rings is 1. The largest absolute Gasteiger partial charge is 0.390 e. The van der Waals surface area contributed by atoms with Gasteiger partial charge >= 0.3 is 0 Å². The van der Waals surface area contributed by atoms with Gasteiger partial charge < -0.3 is 9.84 Å². The number of hydrogen-bond donors (Lipinski definition) is 1. The molecule has 5 nitrogen and oxygen atoms in total. The van der Waals surface area contributed by atoms with Crippen molar-refractivity contribution in [3.63, 3.8) is 0 Å². The third kappa shape index (κ3) is 3.96. The molecule has 2 atom stereocenters. The highest BCUT2D eigenvalue weighted by Gasteiger charge is 2.32. The predicted octanol–water partition coefficient (Wildman–Crippen LogP) is 2.16. The van der Waals surface area contributed by atoms with E-state index in [0.717, 1.165) is 67.4 Å². The molecule has 1 aromatic heterocycles. The van der Waals surface area contributed by atoms with E-state index in [9.17, 15) is 5.11 Å². The number of nitrogens with zero attached hydrogens (tertiary/aromatic N) is 3. The fourth-order valence-corrected chi connectivity index (χ4v) is 4.10. The summed E-state index contributed by atoms with van der Waals surface area (Å²) in [7, 11) is 0. The molecule has 0 bridgehead atoms. The lowest BCUT2D eigenvalue weighted by molar-refractivity contribution is -0.0535. The number of hydrogen-bond acceptors (Lipinski definition) is 5. The van der Waals surface area contributed by atoms with E-state index in [1.165, 1.54) is 0 Å². The average molecular weight is 362 g/mol. The van der Waals surface area contributed by atoms with Crippen molar-refractivity contribution in [2.75, 3.05) is 39.4 Å². The smallest absolute Gasteiger partial charge is 0.0822 e. The van der Waals surface area contributed by atoms with Crippen LogP contribution in [0.4, 0.5) is 0 Å². The SMILES string of the molecule is O[C@@H]1CN(Cc2ccc3cc(Cl)ccc3n2)CC[C@H]1N1CCOCC1. The lowest BCUT2D eigenvalue weighted by Crippen LogP contribution is -2.56. The summed E-state index contributed by atoms with van der Waals surface area (Å²) >= 11 is 6.03. The Kier molecular flexibility index (Phi) is 5.20. The Balaban J connectivity index is 1.39. The monoisotopic (exact) mass is 361 g/mol. The number of morpholine rings is 1. The van der Waals surface area contributed by atoms with Gasteiger partial charge in [-0.25, -0.2) is 0 Å². The van der Waals surface area contributed by atoms with Gasteiger partial charge in [0.25, 0.3) is 0 Å². The van der Waals surface area contributed by atoms with Gasteiger partial charge in [0.2, 0.25) is 0 Å². The molecular formula is C19H24ClN3O2. The minimum absolute atomic E-state index is 0.256. The maximum atomic E-state index is 10.6. The molecule has 2 aromatic rings. The molecule has 1 aromatic carbocycles. The van der Waals surface area contributed by atoms with Gasteiger partial charge in [0.05, 0.1) is 30.5 Å². The molecule has 2 aliphatic heterocycles. The number of pyridine rings is 1. The Hall–Kier alpha value is -1.24. The second-order valence-electron chi connectivity index (χ2n) is 6.95. The molecule has 3 heterocycles. The van der Waals surface area contributed by atoms with E-state index < -0.39 is 0 Å². The second-order valence-corrected chi connectivity index (χ2v) is 7.38. The molecule has 2 fully saturated rings. The number of halogens is 1. The predicted molar refractivity (Wildman–Crippen MR) is 98.8 cm³/mol. The van der Waals surface area contributed by atoms with E-state index in [1.54, 1.807) is 0 Å². The second kappa shape index (κ2) is 7.56. The zero-order chi connectivity index (χ0) is 17.2. The maximum Gasteiger partial charge on any atom is 0.0822 e. The number of ether oxygens (including phenoxy) is 1. The fourth-order valence-electron chi connectivity index (χ4n) is 3.92. The van der Waals surface area contributed by atoms with Gasteiger partial charge in [-0.15, -0.1) is 0 Å². The lowest BCUT2D eigenvalue weighted by Gasteiger charge is -2.42. The maximum absolute atomic E-state index is 10.6. The van der Waals surface area contributed by atoms with Gasteiger partial charge in [0.15, 0.2) is 0 Å². The number of aliphatic hydroxyl groups excluding tert-OH is 1. The Labute approximate surface area is 153 Å². The minimum atomic E-state index is -0.314. The zero-order valence-corrected chi connectivity index (χ0v) is 15.0. The van der Waals surface area contributed by atoms with Crippen LogP contribution in [0.1, 0.15) is 12.1 Å². The summed E-state index contributed by atoms with van der Waals surface area (Å²) in [5.41, 5.74) is 2.00. The summed E-state index contributed by atoms with van der Waals surface area (Å²) in [4.78, 5) is 9.41.